The fourth-order valence-corrected chi connectivity index (χ4v) is 9.18. The Hall–Kier alpha value is -3.22. The van der Waals surface area contributed by atoms with Gasteiger partial charge in [-0.05, 0) is 82.6 Å². The van der Waals surface area contributed by atoms with Gasteiger partial charge >= 0.3 is 10.3 Å². The lowest BCUT2D eigenvalue weighted by molar-refractivity contribution is -0.655. The van der Waals surface area contributed by atoms with Crippen molar-refractivity contribution >= 4 is 65.8 Å². The number of nitrogens with zero attached hydrogens (tertiary/aromatic N) is 4. The van der Waals surface area contributed by atoms with Crippen molar-refractivity contribution in [1.29, 1.82) is 0 Å². The van der Waals surface area contributed by atoms with Gasteiger partial charge in [0.05, 0.1) is 22.5 Å². The first kappa shape index (κ1) is 40.0. The largest absolute Gasteiger partial charge is 0.383 e. The van der Waals surface area contributed by atoms with Crippen LogP contribution in [0.4, 0.5) is 10.3 Å². The van der Waals surface area contributed by atoms with E-state index in [1.54, 1.807) is 22.7 Å². The number of para-hydroxylation sites is 2. The molecule has 0 unspecified atom stereocenters. The highest BCUT2D eigenvalue weighted by atomic mass is 32.1. The fraction of sp³-hybridized carbons (Fsp3) is 0.522. The molecule has 52 heavy (non-hydrogen) atoms. The van der Waals surface area contributed by atoms with Gasteiger partial charge in [-0.15, -0.1) is 0 Å². The average molecular weight is 737 g/mol. The first-order valence-electron chi connectivity index (χ1n) is 20.8. The number of aliphatic imine (C=N–C) groups is 2. The summed E-state index contributed by atoms with van der Waals surface area (Å²) in [7, 11) is 0. The van der Waals surface area contributed by atoms with Gasteiger partial charge < -0.3 is 0 Å². The van der Waals surface area contributed by atoms with E-state index in [1.807, 2.05) is 12.4 Å². The van der Waals surface area contributed by atoms with Gasteiger partial charge in [0, 0.05) is 11.1 Å². The van der Waals surface area contributed by atoms with Crippen LogP contribution in [0.1, 0.15) is 153 Å². The molecule has 0 spiro atoms. The Bertz CT molecular complexity index is 1650. The number of hydrogen-bond acceptors (Lipinski definition) is 4. The van der Waals surface area contributed by atoms with E-state index >= 15 is 0 Å². The molecule has 0 saturated carbocycles. The lowest BCUT2D eigenvalue weighted by Gasteiger charge is -2.02. The highest BCUT2D eigenvalue weighted by Crippen LogP contribution is 2.28. The highest BCUT2D eigenvalue weighted by Gasteiger charge is 2.19. The second kappa shape index (κ2) is 23.4. The van der Waals surface area contributed by atoms with Gasteiger partial charge in [0.15, 0.2) is 0 Å². The molecule has 0 aliphatic rings. The zero-order valence-corrected chi connectivity index (χ0v) is 33.9. The number of fused-ring (bicyclic) bond motifs is 2. The average Bonchev–Trinajstić information content (AvgIpc) is 3.72. The molecule has 0 N–H and O–H groups in total. The Morgan fingerprint density at radius 1 is 0.423 bits per heavy atom. The fourth-order valence-electron chi connectivity index (χ4n) is 7.11. The van der Waals surface area contributed by atoms with Crippen LogP contribution in [0.3, 0.4) is 0 Å². The van der Waals surface area contributed by atoms with Crippen molar-refractivity contribution in [1.82, 2.24) is 0 Å². The molecular weight excluding hydrogens is 673 g/mol. The van der Waals surface area contributed by atoms with Crippen LogP contribution >= 0.6 is 22.7 Å². The summed E-state index contributed by atoms with van der Waals surface area (Å²) in [6, 6.07) is 26.1. The van der Waals surface area contributed by atoms with Gasteiger partial charge in [0.1, 0.15) is 23.5 Å². The second-order valence-corrected chi connectivity index (χ2v) is 16.6. The predicted molar refractivity (Wildman–Crippen MR) is 229 cm³/mol. The number of aryl methyl sites for hydroxylation is 2. The number of rotatable bonds is 26. The molecule has 0 fully saturated rings. The van der Waals surface area contributed by atoms with Gasteiger partial charge in [-0.3, -0.25) is 0 Å². The van der Waals surface area contributed by atoms with Crippen molar-refractivity contribution in [2.45, 2.75) is 155 Å². The number of hydrogen-bond donors (Lipinski definition) is 0. The number of aromatic nitrogens is 2. The molecule has 0 bridgehead atoms. The SMILES string of the molecule is CCCCCCCCCCCC[n+]1c(/N=C/c2ccc(/C=N/c3sc4ccccc4[n+]3CCCCCCCCCCCC)cc2)sc2ccccc21. The summed E-state index contributed by atoms with van der Waals surface area (Å²) in [6.45, 7) is 6.64. The van der Waals surface area contributed by atoms with Crippen molar-refractivity contribution in [3.63, 3.8) is 0 Å². The Morgan fingerprint density at radius 2 is 0.750 bits per heavy atom. The van der Waals surface area contributed by atoms with E-state index in [0.717, 1.165) is 34.5 Å². The molecule has 278 valence electrons. The van der Waals surface area contributed by atoms with E-state index in [2.05, 4.69) is 95.8 Å². The van der Waals surface area contributed by atoms with Crippen molar-refractivity contribution < 1.29 is 9.13 Å². The van der Waals surface area contributed by atoms with E-state index in [9.17, 15) is 0 Å². The van der Waals surface area contributed by atoms with Gasteiger partial charge in [-0.2, -0.15) is 0 Å². The molecule has 0 aliphatic heterocycles. The second-order valence-electron chi connectivity index (χ2n) is 14.6. The smallest absolute Gasteiger partial charge is 0.213 e. The summed E-state index contributed by atoms with van der Waals surface area (Å²) >= 11 is 3.58. The number of unbranched alkanes of at least 4 members (excludes halogenated alkanes) is 18. The minimum absolute atomic E-state index is 1.03. The third-order valence-electron chi connectivity index (χ3n) is 10.2. The normalized spacial score (nSPS) is 12.0. The molecule has 5 rings (SSSR count). The quantitative estimate of drug-likeness (QED) is 0.0308. The van der Waals surface area contributed by atoms with Crippen LogP contribution in [0.25, 0.3) is 20.4 Å². The maximum Gasteiger partial charge on any atom is 0.383 e. The van der Waals surface area contributed by atoms with Crippen molar-refractivity contribution in [3.8, 4) is 0 Å². The number of thiazole rings is 2. The lowest BCUT2D eigenvalue weighted by atomic mass is 10.1. The summed E-state index contributed by atoms with van der Waals surface area (Å²) in [5, 5.41) is 2.17. The zero-order chi connectivity index (χ0) is 36.1. The van der Waals surface area contributed by atoms with Crippen LogP contribution in [0.15, 0.2) is 82.8 Å². The summed E-state index contributed by atoms with van der Waals surface area (Å²) < 4.78 is 7.47. The molecule has 3 aromatic carbocycles. The number of benzene rings is 3. The highest BCUT2D eigenvalue weighted by molar-refractivity contribution is 7.21. The van der Waals surface area contributed by atoms with Gasteiger partial charge in [-0.1, -0.05) is 165 Å². The summed E-state index contributed by atoms with van der Waals surface area (Å²) in [4.78, 5) is 10.0. The Balaban J connectivity index is 1.13. The molecule has 5 aromatic rings. The molecule has 0 aliphatic carbocycles. The van der Waals surface area contributed by atoms with E-state index in [-0.39, 0.29) is 0 Å². The monoisotopic (exact) mass is 736 g/mol. The third-order valence-corrected chi connectivity index (χ3v) is 12.4. The van der Waals surface area contributed by atoms with Crippen molar-refractivity contribution in [2.24, 2.45) is 9.98 Å². The van der Waals surface area contributed by atoms with Crippen LogP contribution < -0.4 is 9.13 Å². The minimum Gasteiger partial charge on any atom is -0.213 e. The third kappa shape index (κ3) is 13.0. The van der Waals surface area contributed by atoms with Gasteiger partial charge in [0.2, 0.25) is 0 Å². The van der Waals surface area contributed by atoms with Crippen LogP contribution in [0.5, 0.6) is 0 Å². The Labute approximate surface area is 322 Å². The first-order valence-corrected chi connectivity index (χ1v) is 22.4. The van der Waals surface area contributed by atoms with E-state index in [1.165, 1.54) is 149 Å². The lowest BCUT2D eigenvalue weighted by Crippen LogP contribution is -2.32. The van der Waals surface area contributed by atoms with Crippen molar-refractivity contribution in [3.05, 3.63) is 83.9 Å². The Kier molecular flexibility index (Phi) is 18.0. The minimum atomic E-state index is 1.03. The molecule has 0 amide bonds. The van der Waals surface area contributed by atoms with Gasteiger partial charge in [0.25, 0.3) is 0 Å². The first-order chi connectivity index (χ1) is 25.8. The maximum absolute atomic E-state index is 5.02. The van der Waals surface area contributed by atoms with Crippen LogP contribution in [0.2, 0.25) is 0 Å². The maximum atomic E-state index is 5.02. The zero-order valence-electron chi connectivity index (χ0n) is 32.2. The van der Waals surface area contributed by atoms with Gasteiger partial charge in [-0.25, -0.2) is 9.13 Å². The van der Waals surface area contributed by atoms with Crippen molar-refractivity contribution in [2.75, 3.05) is 0 Å². The summed E-state index contributed by atoms with van der Waals surface area (Å²) in [5.41, 5.74) is 4.82. The molecule has 2 heterocycles. The summed E-state index contributed by atoms with van der Waals surface area (Å²) in [5.74, 6) is 0. The molecule has 4 nitrogen and oxygen atoms in total. The van der Waals surface area contributed by atoms with E-state index < -0.39 is 0 Å². The van der Waals surface area contributed by atoms with E-state index in [0.29, 0.717) is 0 Å². The Morgan fingerprint density at radius 3 is 1.12 bits per heavy atom. The predicted octanol–water partition coefficient (Wildman–Crippen LogP) is 14.0. The topological polar surface area (TPSA) is 32.5 Å². The molecule has 0 saturated heterocycles. The van der Waals surface area contributed by atoms with Crippen LogP contribution in [0, 0.1) is 0 Å². The molecule has 2 aromatic heterocycles. The van der Waals surface area contributed by atoms with E-state index in [4.69, 9.17) is 9.98 Å². The van der Waals surface area contributed by atoms with Crippen LogP contribution in [-0.4, -0.2) is 12.4 Å². The molecule has 0 radical (unpaired) electrons. The molecule has 6 heteroatoms. The molecule has 0 atom stereocenters. The molecular formula is C46H64N4S2+2. The standard InChI is InChI=1S/C46H64N4S2/c1-3-5-7-9-11-13-15-17-19-25-35-49-41-27-21-23-29-43(41)51-45(49)47-37-39-31-33-40(34-32-39)38-48-46-50(42-28-22-24-30-44(42)52-46)36-26-20-18-16-14-12-10-8-6-4-2/h21-24,27-34,37-38H,3-20,25-26,35-36H2,1-2H3/q+2. The summed E-state index contributed by atoms with van der Waals surface area (Å²) in [6.07, 6.45) is 31.1. The van der Waals surface area contributed by atoms with Crippen LogP contribution in [-0.2, 0) is 13.1 Å².